The lowest BCUT2D eigenvalue weighted by atomic mass is 10.1. The minimum atomic E-state index is -0.380. The molecule has 0 saturated heterocycles. The van der Waals surface area contributed by atoms with Crippen LogP contribution in [0.3, 0.4) is 0 Å². The quantitative estimate of drug-likeness (QED) is 0.731. The summed E-state index contributed by atoms with van der Waals surface area (Å²) in [5.74, 6) is -0.158. The lowest BCUT2D eigenvalue weighted by molar-refractivity contribution is -0.114. The predicted molar refractivity (Wildman–Crippen MR) is 97.4 cm³/mol. The van der Waals surface area contributed by atoms with Gasteiger partial charge in [0.05, 0.1) is 18.6 Å². The summed E-state index contributed by atoms with van der Waals surface area (Å²) in [6.45, 7) is 1.44. The molecule has 0 aliphatic carbocycles. The number of nitrogens with one attached hydrogen (secondary N) is 1. The zero-order chi connectivity index (χ0) is 18.7. The summed E-state index contributed by atoms with van der Waals surface area (Å²) in [7, 11) is 0. The molecule has 0 atom stereocenters. The van der Waals surface area contributed by atoms with Crippen LogP contribution in [-0.4, -0.2) is 26.6 Å². The molecule has 0 aliphatic heterocycles. The van der Waals surface area contributed by atoms with E-state index in [1.54, 1.807) is 42.5 Å². The number of amides is 1. The Morgan fingerprint density at radius 1 is 1.27 bits per heavy atom. The van der Waals surface area contributed by atoms with Gasteiger partial charge in [0, 0.05) is 19.2 Å². The van der Waals surface area contributed by atoms with Crippen LogP contribution in [0.2, 0.25) is 0 Å². The van der Waals surface area contributed by atoms with Crippen molar-refractivity contribution in [1.82, 2.24) is 14.2 Å². The second-order valence-electron chi connectivity index (χ2n) is 5.77. The Labute approximate surface area is 148 Å². The smallest absolute Gasteiger partial charge is 0.327 e. The Hall–Kier alpha value is -3.26. The van der Waals surface area contributed by atoms with Crippen molar-refractivity contribution in [2.24, 2.45) is 5.73 Å². The van der Waals surface area contributed by atoms with Crippen LogP contribution in [0, 0.1) is 0 Å². The maximum atomic E-state index is 12.8. The fourth-order valence-electron chi connectivity index (χ4n) is 2.65. The largest absolute Gasteiger partial charge is 0.351 e. The Morgan fingerprint density at radius 2 is 2.00 bits per heavy atom. The lowest BCUT2D eigenvalue weighted by Crippen LogP contribution is -2.24. The van der Waals surface area contributed by atoms with E-state index in [0.717, 1.165) is 5.56 Å². The Morgan fingerprint density at radius 3 is 2.62 bits per heavy atom. The monoisotopic (exact) mass is 355 g/mol. The van der Waals surface area contributed by atoms with Gasteiger partial charge in [0.25, 0.3) is 0 Å². The molecule has 0 spiro atoms. The number of benzene rings is 1. The highest BCUT2D eigenvalue weighted by Gasteiger charge is 2.12. The van der Waals surface area contributed by atoms with Crippen molar-refractivity contribution < 1.29 is 9.18 Å². The van der Waals surface area contributed by atoms with E-state index in [9.17, 15) is 14.0 Å². The first-order valence-corrected chi connectivity index (χ1v) is 7.98. The van der Waals surface area contributed by atoms with E-state index in [-0.39, 0.29) is 30.3 Å². The van der Waals surface area contributed by atoms with Gasteiger partial charge in [-0.05, 0) is 35.4 Å². The normalized spacial score (nSPS) is 11.7. The van der Waals surface area contributed by atoms with Gasteiger partial charge in [0.2, 0.25) is 5.91 Å². The molecule has 7 nitrogen and oxygen atoms in total. The summed E-state index contributed by atoms with van der Waals surface area (Å²) in [6, 6.07) is 12.4. The summed E-state index contributed by atoms with van der Waals surface area (Å²) >= 11 is 0. The Bertz CT molecular complexity index is 1030. The zero-order valence-corrected chi connectivity index (χ0v) is 14.1. The summed E-state index contributed by atoms with van der Waals surface area (Å²) in [5.41, 5.74) is 7.90. The van der Waals surface area contributed by atoms with Crippen molar-refractivity contribution in [1.29, 1.82) is 0 Å². The first kappa shape index (κ1) is 17.6. The molecular weight excluding hydrogens is 337 g/mol. The number of hydrogen-bond donors (Lipinski definition) is 2. The Balaban J connectivity index is 2.05. The number of nitrogens with zero attached hydrogens (tertiary/aromatic N) is 3. The van der Waals surface area contributed by atoms with Crippen LogP contribution in [0.4, 0.5) is 10.1 Å². The number of anilines is 1. The molecule has 0 aliphatic rings. The molecule has 3 N–H and O–H groups in total. The van der Waals surface area contributed by atoms with E-state index in [0.29, 0.717) is 23.4 Å². The topological polar surface area (TPSA) is 94.4 Å². The van der Waals surface area contributed by atoms with Gasteiger partial charge in [-0.1, -0.05) is 18.2 Å². The fraction of sp³-hybridized carbons (Fsp3) is 0.167. The van der Waals surface area contributed by atoms with Gasteiger partial charge < -0.3 is 11.1 Å². The number of rotatable bonds is 5. The molecule has 0 bridgehead atoms. The number of aromatic nitrogens is 3. The third-order valence-corrected chi connectivity index (χ3v) is 3.88. The third kappa shape index (κ3) is 3.40. The molecule has 0 saturated carbocycles. The highest BCUT2D eigenvalue weighted by Crippen LogP contribution is 2.21. The average Bonchev–Trinajstić information content (AvgIpc) is 2.95. The maximum absolute atomic E-state index is 12.8. The van der Waals surface area contributed by atoms with Gasteiger partial charge in [-0.25, -0.2) is 18.3 Å². The number of fused-ring (bicyclic) bond motifs is 1. The first-order chi connectivity index (χ1) is 12.5. The molecule has 134 valence electrons. The molecule has 0 fully saturated rings. The standard InChI is InChI=1S/C18H18FN5O2/c1-12(25)21-15-7-5-14(6-8-15)16-3-2-4-17-22-23(18(26)24(16)17)11-13(9-19)10-20/h2-9H,10-11,20H2,1H3,(H,21,25)/b13-9+. The van der Waals surface area contributed by atoms with Crippen LogP contribution < -0.4 is 16.7 Å². The lowest BCUT2D eigenvalue weighted by Gasteiger charge is -2.06. The fourth-order valence-corrected chi connectivity index (χ4v) is 2.65. The molecule has 3 rings (SSSR count). The third-order valence-electron chi connectivity index (χ3n) is 3.88. The van der Waals surface area contributed by atoms with Gasteiger partial charge in [-0.3, -0.25) is 4.79 Å². The van der Waals surface area contributed by atoms with Crippen molar-refractivity contribution in [3.63, 3.8) is 0 Å². The summed E-state index contributed by atoms with van der Waals surface area (Å²) in [5, 5.41) is 6.93. The molecule has 2 aromatic heterocycles. The van der Waals surface area contributed by atoms with E-state index < -0.39 is 0 Å². The van der Waals surface area contributed by atoms with Crippen molar-refractivity contribution in [3.8, 4) is 11.3 Å². The predicted octanol–water partition coefficient (Wildman–Crippen LogP) is 1.93. The molecule has 2 heterocycles. The molecule has 0 unspecified atom stereocenters. The highest BCUT2D eigenvalue weighted by molar-refractivity contribution is 5.88. The molecule has 1 amide bonds. The van der Waals surface area contributed by atoms with Crippen LogP contribution in [0.5, 0.6) is 0 Å². The van der Waals surface area contributed by atoms with E-state index in [1.165, 1.54) is 16.0 Å². The number of carbonyl (C=O) groups excluding carboxylic acids is 1. The maximum Gasteiger partial charge on any atom is 0.351 e. The van der Waals surface area contributed by atoms with Gasteiger partial charge in [-0.15, -0.1) is 5.10 Å². The number of halogens is 1. The van der Waals surface area contributed by atoms with Crippen LogP contribution in [0.15, 0.2) is 59.2 Å². The minimum absolute atomic E-state index is 0.00553. The number of pyridine rings is 1. The van der Waals surface area contributed by atoms with Crippen LogP contribution in [0.1, 0.15) is 6.92 Å². The van der Waals surface area contributed by atoms with E-state index in [2.05, 4.69) is 10.4 Å². The molecule has 3 aromatic rings. The molecule has 8 heteroatoms. The second-order valence-corrected chi connectivity index (χ2v) is 5.77. The van der Waals surface area contributed by atoms with Crippen molar-refractivity contribution in [2.45, 2.75) is 13.5 Å². The summed E-state index contributed by atoms with van der Waals surface area (Å²) in [4.78, 5) is 23.8. The number of nitrogens with two attached hydrogens (primary N) is 1. The van der Waals surface area contributed by atoms with Crippen LogP contribution >= 0.6 is 0 Å². The Kier molecular flexibility index (Phi) is 4.94. The molecular formula is C18H18FN5O2. The molecule has 1 aromatic carbocycles. The van der Waals surface area contributed by atoms with Gasteiger partial charge in [-0.2, -0.15) is 0 Å². The number of carbonyl (C=O) groups is 1. The van der Waals surface area contributed by atoms with Gasteiger partial charge >= 0.3 is 5.69 Å². The van der Waals surface area contributed by atoms with Crippen molar-refractivity contribution in [3.05, 3.63) is 64.9 Å². The van der Waals surface area contributed by atoms with Gasteiger partial charge in [0.1, 0.15) is 0 Å². The molecule has 26 heavy (non-hydrogen) atoms. The van der Waals surface area contributed by atoms with Crippen molar-refractivity contribution >= 4 is 17.2 Å². The van der Waals surface area contributed by atoms with E-state index >= 15 is 0 Å². The summed E-state index contributed by atoms with van der Waals surface area (Å²) < 4.78 is 15.4. The second kappa shape index (κ2) is 7.32. The highest BCUT2D eigenvalue weighted by atomic mass is 19.1. The SMILES string of the molecule is CC(=O)Nc1ccc(-c2cccc3nn(C/C(=C/F)CN)c(=O)n23)cc1. The summed E-state index contributed by atoms with van der Waals surface area (Å²) in [6.07, 6.45) is 0.401. The van der Waals surface area contributed by atoms with Crippen molar-refractivity contribution in [2.75, 3.05) is 11.9 Å². The molecule has 0 radical (unpaired) electrons. The zero-order valence-electron chi connectivity index (χ0n) is 14.1. The average molecular weight is 355 g/mol. The van der Waals surface area contributed by atoms with Gasteiger partial charge in [0.15, 0.2) is 5.65 Å². The van der Waals surface area contributed by atoms with E-state index in [1.807, 2.05) is 0 Å². The van der Waals surface area contributed by atoms with E-state index in [4.69, 9.17) is 5.73 Å². The van der Waals surface area contributed by atoms with Crippen LogP contribution in [0.25, 0.3) is 16.9 Å². The minimum Gasteiger partial charge on any atom is -0.327 e. The van der Waals surface area contributed by atoms with Crippen LogP contribution in [-0.2, 0) is 11.3 Å². The number of hydrogen-bond acceptors (Lipinski definition) is 4. The first-order valence-electron chi connectivity index (χ1n) is 7.98.